The summed E-state index contributed by atoms with van der Waals surface area (Å²) in [5, 5.41) is 0. The second-order valence-corrected chi connectivity index (χ2v) is 4.65. The average Bonchev–Trinajstić information content (AvgIpc) is 2.26. The van der Waals surface area contributed by atoms with Gasteiger partial charge in [0.1, 0.15) is 0 Å². The molecule has 0 aliphatic heterocycles. The van der Waals surface area contributed by atoms with Crippen molar-refractivity contribution in [3.05, 3.63) is 47.0 Å². The molecular formula is C15H18O2. The Kier molecular flexibility index (Phi) is 4.00. The normalized spacial score (nSPS) is 10.4. The molecule has 90 valence electrons. The number of benzene rings is 1. The van der Waals surface area contributed by atoms with Crippen molar-refractivity contribution in [3.63, 3.8) is 0 Å². The van der Waals surface area contributed by atoms with Crippen LogP contribution in [0.1, 0.15) is 35.3 Å². The fourth-order valence-electron chi connectivity index (χ4n) is 1.69. The summed E-state index contributed by atoms with van der Waals surface area (Å²) in [7, 11) is 0. The van der Waals surface area contributed by atoms with Crippen LogP contribution in [-0.2, 0) is 4.79 Å². The van der Waals surface area contributed by atoms with E-state index in [0.29, 0.717) is 5.56 Å². The van der Waals surface area contributed by atoms with Crippen LogP contribution < -0.4 is 0 Å². The molecule has 0 saturated carbocycles. The summed E-state index contributed by atoms with van der Waals surface area (Å²) in [6, 6.07) is 5.56. The first-order valence-electron chi connectivity index (χ1n) is 5.69. The van der Waals surface area contributed by atoms with E-state index >= 15 is 0 Å². The van der Waals surface area contributed by atoms with Crippen molar-refractivity contribution in [2.75, 3.05) is 0 Å². The molecule has 17 heavy (non-hydrogen) atoms. The first kappa shape index (κ1) is 13.4. The van der Waals surface area contributed by atoms with E-state index in [1.807, 2.05) is 26.0 Å². The van der Waals surface area contributed by atoms with Crippen LogP contribution in [0.5, 0.6) is 0 Å². The average molecular weight is 230 g/mol. The molecule has 0 bridgehead atoms. The third-order valence-electron chi connectivity index (χ3n) is 2.72. The van der Waals surface area contributed by atoms with Crippen LogP contribution in [0, 0.1) is 19.8 Å². The summed E-state index contributed by atoms with van der Waals surface area (Å²) in [5.74, 6) is -0.645. The van der Waals surface area contributed by atoms with Crippen molar-refractivity contribution in [1.82, 2.24) is 0 Å². The van der Waals surface area contributed by atoms with Gasteiger partial charge < -0.3 is 0 Å². The standard InChI is InChI=1S/C15H18O2/c1-9(2)14(16)12(5)15(17)13-7-6-10(3)8-11(13)4/h6-9H,5H2,1-4H3. The summed E-state index contributed by atoms with van der Waals surface area (Å²) in [5.41, 5.74) is 2.62. The van der Waals surface area contributed by atoms with Gasteiger partial charge in [0, 0.05) is 11.5 Å². The van der Waals surface area contributed by atoms with Crippen molar-refractivity contribution in [1.29, 1.82) is 0 Å². The van der Waals surface area contributed by atoms with E-state index in [1.165, 1.54) is 0 Å². The fourth-order valence-corrected chi connectivity index (χ4v) is 1.69. The van der Waals surface area contributed by atoms with Crippen LogP contribution in [0.3, 0.4) is 0 Å². The number of aryl methyl sites for hydroxylation is 2. The van der Waals surface area contributed by atoms with Gasteiger partial charge in [0.15, 0.2) is 11.6 Å². The fraction of sp³-hybridized carbons (Fsp3) is 0.333. The lowest BCUT2D eigenvalue weighted by Gasteiger charge is -2.09. The van der Waals surface area contributed by atoms with Gasteiger partial charge in [0.05, 0.1) is 5.57 Å². The third-order valence-corrected chi connectivity index (χ3v) is 2.72. The van der Waals surface area contributed by atoms with Crippen LogP contribution in [0.2, 0.25) is 0 Å². The molecule has 0 heterocycles. The van der Waals surface area contributed by atoms with Crippen LogP contribution in [0.15, 0.2) is 30.4 Å². The molecule has 0 aliphatic rings. The summed E-state index contributed by atoms with van der Waals surface area (Å²) in [6.07, 6.45) is 0. The van der Waals surface area contributed by atoms with Gasteiger partial charge in [-0.1, -0.05) is 44.2 Å². The molecule has 0 aromatic heterocycles. The maximum Gasteiger partial charge on any atom is 0.196 e. The number of allylic oxidation sites excluding steroid dienone is 1. The van der Waals surface area contributed by atoms with E-state index < -0.39 is 0 Å². The Hall–Kier alpha value is -1.70. The first-order chi connectivity index (χ1) is 7.84. The summed E-state index contributed by atoms with van der Waals surface area (Å²) >= 11 is 0. The molecule has 1 rings (SSSR count). The molecule has 1 aromatic rings. The minimum atomic E-state index is -0.263. The van der Waals surface area contributed by atoms with Gasteiger partial charge in [-0.15, -0.1) is 0 Å². The zero-order valence-corrected chi connectivity index (χ0v) is 10.8. The minimum absolute atomic E-state index is 0.0759. The van der Waals surface area contributed by atoms with E-state index in [4.69, 9.17) is 0 Å². The molecule has 0 spiro atoms. The van der Waals surface area contributed by atoms with Crippen LogP contribution in [0.25, 0.3) is 0 Å². The monoisotopic (exact) mass is 230 g/mol. The maximum absolute atomic E-state index is 12.1. The van der Waals surface area contributed by atoms with Crippen LogP contribution in [0.4, 0.5) is 0 Å². The molecule has 2 heteroatoms. The number of rotatable bonds is 4. The predicted molar refractivity (Wildman–Crippen MR) is 69.2 cm³/mol. The Morgan fingerprint density at radius 2 is 1.76 bits per heavy atom. The highest BCUT2D eigenvalue weighted by atomic mass is 16.1. The van der Waals surface area contributed by atoms with E-state index in [0.717, 1.165) is 11.1 Å². The lowest BCUT2D eigenvalue weighted by molar-refractivity contribution is -0.117. The zero-order valence-electron chi connectivity index (χ0n) is 10.8. The van der Waals surface area contributed by atoms with Gasteiger partial charge in [0.2, 0.25) is 0 Å². The summed E-state index contributed by atoms with van der Waals surface area (Å²) < 4.78 is 0. The van der Waals surface area contributed by atoms with Gasteiger partial charge in [-0.2, -0.15) is 0 Å². The van der Waals surface area contributed by atoms with Crippen molar-refractivity contribution in [2.24, 2.45) is 5.92 Å². The molecule has 0 radical (unpaired) electrons. The molecule has 0 fully saturated rings. The lowest BCUT2D eigenvalue weighted by Crippen LogP contribution is -2.17. The van der Waals surface area contributed by atoms with E-state index in [1.54, 1.807) is 19.9 Å². The summed E-state index contributed by atoms with van der Waals surface area (Å²) in [4.78, 5) is 23.8. The van der Waals surface area contributed by atoms with Crippen molar-refractivity contribution < 1.29 is 9.59 Å². The Bertz CT molecular complexity index is 482. The molecule has 1 aromatic carbocycles. The van der Waals surface area contributed by atoms with Crippen molar-refractivity contribution in [3.8, 4) is 0 Å². The van der Waals surface area contributed by atoms with Crippen molar-refractivity contribution >= 4 is 11.6 Å². The number of ketones is 2. The van der Waals surface area contributed by atoms with Crippen LogP contribution in [-0.4, -0.2) is 11.6 Å². The molecule has 0 aliphatic carbocycles. The van der Waals surface area contributed by atoms with Gasteiger partial charge in [0.25, 0.3) is 0 Å². The molecule has 0 unspecified atom stereocenters. The second kappa shape index (κ2) is 5.09. The number of carbonyl (C=O) groups excluding carboxylic acids is 2. The topological polar surface area (TPSA) is 34.1 Å². The Balaban J connectivity index is 3.05. The number of hydrogen-bond acceptors (Lipinski definition) is 2. The smallest absolute Gasteiger partial charge is 0.196 e. The van der Waals surface area contributed by atoms with E-state index in [2.05, 4.69) is 6.58 Å². The molecule has 2 nitrogen and oxygen atoms in total. The summed E-state index contributed by atoms with van der Waals surface area (Å²) in [6.45, 7) is 11.0. The van der Waals surface area contributed by atoms with Gasteiger partial charge in [-0.25, -0.2) is 0 Å². The Morgan fingerprint density at radius 1 is 1.18 bits per heavy atom. The predicted octanol–water partition coefficient (Wildman–Crippen LogP) is 3.27. The van der Waals surface area contributed by atoms with Gasteiger partial charge in [-0.3, -0.25) is 9.59 Å². The zero-order chi connectivity index (χ0) is 13.2. The second-order valence-electron chi connectivity index (χ2n) is 4.65. The number of Topliss-reactive ketones (excluding diaryl/α,β-unsaturated/α-hetero) is 2. The number of carbonyl (C=O) groups is 2. The van der Waals surface area contributed by atoms with E-state index in [-0.39, 0.29) is 23.1 Å². The SMILES string of the molecule is C=C(C(=O)c1ccc(C)cc1C)C(=O)C(C)C. The van der Waals surface area contributed by atoms with Crippen LogP contribution >= 0.6 is 0 Å². The van der Waals surface area contributed by atoms with E-state index in [9.17, 15) is 9.59 Å². The highest BCUT2D eigenvalue weighted by molar-refractivity contribution is 6.26. The Morgan fingerprint density at radius 3 is 2.24 bits per heavy atom. The molecule has 0 N–H and O–H groups in total. The van der Waals surface area contributed by atoms with Gasteiger partial charge in [-0.05, 0) is 19.4 Å². The molecule has 0 atom stereocenters. The van der Waals surface area contributed by atoms with Crippen molar-refractivity contribution in [2.45, 2.75) is 27.7 Å². The molecule has 0 amide bonds. The molecule has 0 saturated heterocycles. The van der Waals surface area contributed by atoms with Gasteiger partial charge >= 0.3 is 0 Å². The third kappa shape index (κ3) is 2.90. The highest BCUT2D eigenvalue weighted by Gasteiger charge is 2.20. The lowest BCUT2D eigenvalue weighted by atomic mass is 9.93. The molecular weight excluding hydrogens is 212 g/mol. The largest absolute Gasteiger partial charge is 0.294 e. The highest BCUT2D eigenvalue weighted by Crippen LogP contribution is 2.16. The first-order valence-corrected chi connectivity index (χ1v) is 5.69. The quantitative estimate of drug-likeness (QED) is 0.344. The Labute approximate surface area is 102 Å². The maximum atomic E-state index is 12.1. The number of hydrogen-bond donors (Lipinski definition) is 0. The minimum Gasteiger partial charge on any atom is -0.294 e.